The topological polar surface area (TPSA) is 12.0 Å². The molecule has 1 rings (SSSR count). The van der Waals surface area contributed by atoms with E-state index in [0.29, 0.717) is 0 Å². The van der Waals surface area contributed by atoms with Gasteiger partial charge in [-0.3, -0.25) is 0 Å². The maximum atomic E-state index is 3.22. The fourth-order valence-electron chi connectivity index (χ4n) is 0.625. The molecule has 0 atom stereocenters. The molecule has 0 radical (unpaired) electrons. The molecule has 36 valence electrons. The van der Waals surface area contributed by atoms with E-state index in [-0.39, 0.29) is 17.4 Å². The third kappa shape index (κ3) is 1.82. The van der Waals surface area contributed by atoms with Crippen molar-refractivity contribution in [2.24, 2.45) is 0 Å². The summed E-state index contributed by atoms with van der Waals surface area (Å²) in [5.74, 6) is 0. The maximum Gasteiger partial charge on any atom is 0 e. The van der Waals surface area contributed by atoms with E-state index < -0.39 is 0 Å². The van der Waals surface area contributed by atoms with Gasteiger partial charge in [-0.25, -0.2) is 0 Å². The molecule has 0 spiro atoms. The Morgan fingerprint density at radius 1 is 1.00 bits per heavy atom. The van der Waals surface area contributed by atoms with Crippen molar-refractivity contribution in [1.82, 2.24) is 5.32 Å². The van der Waals surface area contributed by atoms with Gasteiger partial charge in [0.25, 0.3) is 0 Å². The number of hydrogen-bond donors (Lipinski definition) is 1. The predicted octanol–water partition coefficient (Wildman–Crippen LogP) is 0.367. The van der Waals surface area contributed by atoms with E-state index in [0.717, 1.165) is 0 Å². The fourth-order valence-corrected chi connectivity index (χ4v) is 0.625. The second-order valence-electron chi connectivity index (χ2n) is 1.46. The van der Waals surface area contributed by atoms with Crippen LogP contribution in [-0.2, 0) is 17.4 Å². The van der Waals surface area contributed by atoms with Crippen molar-refractivity contribution < 1.29 is 17.4 Å². The Hall–Kier alpha value is 0.492. The normalized spacial score (nSPS) is 20.0. The molecule has 1 nitrogen and oxygen atoms in total. The van der Waals surface area contributed by atoms with Gasteiger partial charge in [-0.05, 0) is 25.9 Å². The second-order valence-corrected chi connectivity index (χ2v) is 1.46. The minimum atomic E-state index is 0. The molecule has 0 aromatic rings. The summed E-state index contributed by atoms with van der Waals surface area (Å²) in [7, 11) is 0. The minimum absolute atomic E-state index is 0. The van der Waals surface area contributed by atoms with Crippen molar-refractivity contribution in [1.29, 1.82) is 0 Å². The van der Waals surface area contributed by atoms with Crippen LogP contribution in [0.25, 0.3) is 0 Å². The molecule has 1 saturated heterocycles. The van der Waals surface area contributed by atoms with Crippen molar-refractivity contribution in [2.45, 2.75) is 12.8 Å². The van der Waals surface area contributed by atoms with Crippen LogP contribution in [-0.4, -0.2) is 13.1 Å². The first kappa shape index (κ1) is 6.49. The average molecular weight is 123 g/mol. The summed E-state index contributed by atoms with van der Waals surface area (Å²) in [5.41, 5.74) is 0. The van der Waals surface area contributed by atoms with Gasteiger partial charge in [0.05, 0.1) is 0 Å². The average Bonchev–Trinajstić information content (AvgIpc) is 1.76. The van der Waals surface area contributed by atoms with E-state index in [2.05, 4.69) is 5.32 Å². The van der Waals surface area contributed by atoms with Crippen molar-refractivity contribution in [3.63, 3.8) is 0 Å². The van der Waals surface area contributed by atoms with Gasteiger partial charge in [-0.1, -0.05) is 0 Å². The summed E-state index contributed by atoms with van der Waals surface area (Å²) in [6, 6.07) is 0. The first-order chi connectivity index (χ1) is 2.50. The molecule has 1 N–H and O–H groups in total. The second kappa shape index (κ2) is 3.67. The van der Waals surface area contributed by atoms with Crippen LogP contribution in [0.1, 0.15) is 12.8 Å². The van der Waals surface area contributed by atoms with Gasteiger partial charge in [0, 0.05) is 17.4 Å². The Kier molecular flexibility index (Phi) is 3.98. The quantitative estimate of drug-likeness (QED) is 0.490. The predicted molar refractivity (Wildman–Crippen MR) is 22.1 cm³/mol. The van der Waals surface area contributed by atoms with Crippen molar-refractivity contribution in [2.75, 3.05) is 13.1 Å². The zero-order valence-corrected chi connectivity index (χ0v) is 5.01. The zero-order chi connectivity index (χ0) is 3.54. The molecule has 1 aliphatic heterocycles. The van der Waals surface area contributed by atoms with Crippen LogP contribution in [0.2, 0.25) is 0 Å². The van der Waals surface area contributed by atoms with E-state index in [1.807, 2.05) is 0 Å². The Labute approximate surface area is 49.3 Å². The smallest absolute Gasteiger partial charge is 0 e. The van der Waals surface area contributed by atoms with E-state index in [1.165, 1.54) is 25.9 Å². The molecule has 0 saturated carbocycles. The van der Waals surface area contributed by atoms with E-state index in [9.17, 15) is 0 Å². The van der Waals surface area contributed by atoms with Crippen molar-refractivity contribution >= 4 is 0 Å². The molecule has 0 aromatic carbocycles. The van der Waals surface area contributed by atoms with E-state index in [1.54, 1.807) is 0 Å². The monoisotopic (exact) mass is 123 g/mol. The van der Waals surface area contributed by atoms with Gasteiger partial charge in [-0.15, -0.1) is 0 Å². The van der Waals surface area contributed by atoms with Crippen LogP contribution in [0.15, 0.2) is 0 Å². The third-order valence-electron chi connectivity index (χ3n) is 0.957. The molecule has 0 bridgehead atoms. The zero-order valence-electron chi connectivity index (χ0n) is 3.74. The molecule has 1 heterocycles. The Bertz CT molecular complexity index is 19.1. The van der Waals surface area contributed by atoms with Gasteiger partial charge in [0.1, 0.15) is 0 Å². The largest absolute Gasteiger partial charge is 0.317 e. The Morgan fingerprint density at radius 3 is 1.67 bits per heavy atom. The molecule has 1 aliphatic rings. The van der Waals surface area contributed by atoms with Crippen molar-refractivity contribution in [3.8, 4) is 0 Å². The number of hydrogen-bond acceptors (Lipinski definition) is 1. The van der Waals surface area contributed by atoms with Crippen LogP contribution >= 0.6 is 0 Å². The maximum absolute atomic E-state index is 3.22. The van der Waals surface area contributed by atoms with Crippen LogP contribution in [0.4, 0.5) is 0 Å². The summed E-state index contributed by atoms with van der Waals surface area (Å²) in [4.78, 5) is 0. The fraction of sp³-hybridized carbons (Fsp3) is 1.00. The van der Waals surface area contributed by atoms with E-state index >= 15 is 0 Å². The van der Waals surface area contributed by atoms with Gasteiger partial charge in [0.2, 0.25) is 0 Å². The van der Waals surface area contributed by atoms with Crippen LogP contribution in [0.3, 0.4) is 0 Å². The third-order valence-corrected chi connectivity index (χ3v) is 0.957. The number of rotatable bonds is 0. The summed E-state index contributed by atoms with van der Waals surface area (Å²) in [5, 5.41) is 3.22. The molecule has 6 heavy (non-hydrogen) atoms. The van der Waals surface area contributed by atoms with Crippen LogP contribution in [0.5, 0.6) is 0 Å². The molecule has 0 amide bonds. The van der Waals surface area contributed by atoms with E-state index in [4.69, 9.17) is 0 Å². The van der Waals surface area contributed by atoms with Gasteiger partial charge in [0.15, 0.2) is 0 Å². The first-order valence-corrected chi connectivity index (χ1v) is 2.21. The molecule has 0 unspecified atom stereocenters. The van der Waals surface area contributed by atoms with Crippen molar-refractivity contribution in [3.05, 3.63) is 0 Å². The molecule has 0 aromatic heterocycles. The summed E-state index contributed by atoms with van der Waals surface area (Å²) >= 11 is 0. The summed E-state index contributed by atoms with van der Waals surface area (Å²) < 4.78 is 0. The standard InChI is InChI=1S/C4H9N.Cr/c1-2-4-5-3-1;/h5H,1-4H2;. The van der Waals surface area contributed by atoms with Crippen LogP contribution < -0.4 is 5.32 Å². The Balaban J connectivity index is 0.000000250. The molecule has 2 heteroatoms. The molecular weight excluding hydrogens is 114 g/mol. The first-order valence-electron chi connectivity index (χ1n) is 2.21. The molecule has 0 aliphatic carbocycles. The van der Waals surface area contributed by atoms with Gasteiger partial charge >= 0.3 is 0 Å². The Morgan fingerprint density at radius 2 is 1.50 bits per heavy atom. The SMILES string of the molecule is C1CCNC1.[Cr]. The molecular formula is C4H9CrN. The number of nitrogens with one attached hydrogen (secondary N) is 1. The minimum Gasteiger partial charge on any atom is -0.317 e. The summed E-state index contributed by atoms with van der Waals surface area (Å²) in [6.45, 7) is 2.50. The molecule has 1 fully saturated rings. The summed E-state index contributed by atoms with van der Waals surface area (Å²) in [6.07, 6.45) is 2.78. The van der Waals surface area contributed by atoms with Gasteiger partial charge < -0.3 is 5.32 Å². The van der Waals surface area contributed by atoms with Gasteiger partial charge in [-0.2, -0.15) is 0 Å². The van der Waals surface area contributed by atoms with Crippen LogP contribution in [0, 0.1) is 0 Å².